The minimum Gasteiger partial charge on any atom is -0.457 e. The molecule has 5 atom stereocenters. The number of amides is 4. The molecular weight excluding hydrogens is 805 g/mol. The molecule has 6 rings (SSSR count). The van der Waals surface area contributed by atoms with Crippen molar-refractivity contribution >= 4 is 47.5 Å². The number of aryl methyl sites for hydroxylation is 1. The van der Waals surface area contributed by atoms with Gasteiger partial charge in [-0.25, -0.2) is 19.6 Å². The minimum absolute atomic E-state index is 0.0378. The van der Waals surface area contributed by atoms with Crippen molar-refractivity contribution in [1.82, 2.24) is 40.8 Å². The SMILES string of the molecule is CCC(C)C(NC(=O)OC)C(=O)NCSCCc1ncc(-c2ccc3c(c2)Oc2ccc(-c4cnc([C@@H]5CSCN5C(=O)[C@@H](NC(=O)OC)[C@@H](C)CC)[nH]4)cc2C3(C)C)[nH]1. The summed E-state index contributed by atoms with van der Waals surface area (Å²) in [6.45, 7) is 12.2. The number of rotatable bonds is 16. The second-order valence-corrected chi connectivity index (χ2v) is 17.8. The molecule has 0 spiro atoms. The first-order valence-electron chi connectivity index (χ1n) is 20.3. The number of methoxy groups -OCH3 is 2. The van der Waals surface area contributed by atoms with Gasteiger partial charge in [-0.15, -0.1) is 23.5 Å². The Morgan fingerprint density at radius 2 is 1.55 bits per heavy atom. The Bertz CT molecular complexity index is 2170. The molecule has 1 saturated heterocycles. The maximum atomic E-state index is 13.8. The lowest BCUT2D eigenvalue weighted by Crippen LogP contribution is -2.51. The van der Waals surface area contributed by atoms with Crippen LogP contribution in [0.3, 0.4) is 0 Å². The van der Waals surface area contributed by atoms with Crippen LogP contribution in [0.2, 0.25) is 0 Å². The summed E-state index contributed by atoms with van der Waals surface area (Å²) in [6, 6.07) is 10.8. The fourth-order valence-electron chi connectivity index (χ4n) is 7.41. The molecule has 5 N–H and O–H groups in total. The molecule has 15 nitrogen and oxygen atoms in total. The number of ether oxygens (including phenoxy) is 3. The molecule has 2 aromatic heterocycles. The number of carbonyl (C=O) groups is 4. The molecule has 2 aliphatic rings. The predicted molar refractivity (Wildman–Crippen MR) is 234 cm³/mol. The van der Waals surface area contributed by atoms with Crippen molar-refractivity contribution < 1.29 is 33.4 Å². The van der Waals surface area contributed by atoms with E-state index < -0.39 is 24.3 Å². The summed E-state index contributed by atoms with van der Waals surface area (Å²) in [4.78, 5) is 68.5. The number of fused-ring (bicyclic) bond motifs is 2. The summed E-state index contributed by atoms with van der Waals surface area (Å²) in [5, 5.41) is 8.29. The molecule has 60 heavy (non-hydrogen) atoms. The standard InChI is InChI=1S/C43H56N8O7S2/c1-9-24(3)36(49-41(54)56-7)39(52)46-22-59-16-15-35-44-19-30(47-35)27-11-13-28-34(18-27)58-33-14-12-26(17-29(33)43(28,5)6)31-20-45-38(48-31)32-21-60-23-51(32)40(53)37(25(4)10-2)50-42(55)57-8/h11-14,17-20,24-25,32,36-37H,9-10,15-16,21-23H2,1-8H3,(H,44,47)(H,45,48)(H,46,52)(H,49,54)(H,50,55)/t24?,25-,32-,36?,37-/m0/s1. The van der Waals surface area contributed by atoms with E-state index in [1.165, 1.54) is 14.2 Å². The third-order valence-corrected chi connectivity index (χ3v) is 13.4. The lowest BCUT2D eigenvalue weighted by molar-refractivity contribution is -0.135. The lowest BCUT2D eigenvalue weighted by atomic mass is 9.75. The molecule has 4 amide bonds. The van der Waals surface area contributed by atoms with Crippen molar-refractivity contribution in [3.05, 3.63) is 71.6 Å². The number of nitrogens with zero attached hydrogens (tertiary/aromatic N) is 3. The zero-order chi connectivity index (χ0) is 43.1. The quantitative estimate of drug-likeness (QED) is 0.0559. The molecule has 2 aliphatic heterocycles. The molecule has 0 radical (unpaired) electrons. The van der Waals surface area contributed by atoms with E-state index >= 15 is 0 Å². The van der Waals surface area contributed by atoms with Crippen molar-refractivity contribution in [2.45, 2.75) is 84.3 Å². The molecule has 0 aliphatic carbocycles. The van der Waals surface area contributed by atoms with Crippen molar-refractivity contribution in [3.8, 4) is 34.0 Å². The number of benzene rings is 2. The zero-order valence-electron chi connectivity index (χ0n) is 35.5. The summed E-state index contributed by atoms with van der Waals surface area (Å²) in [7, 11) is 2.58. The number of aromatic nitrogens is 4. The Kier molecular flexibility index (Phi) is 14.4. The van der Waals surface area contributed by atoms with Gasteiger partial charge < -0.3 is 45.0 Å². The number of aromatic amines is 2. The number of alkyl carbamates (subject to hydrolysis) is 2. The second-order valence-electron chi connectivity index (χ2n) is 15.7. The predicted octanol–water partition coefficient (Wildman–Crippen LogP) is 7.36. The van der Waals surface area contributed by atoms with Crippen LogP contribution < -0.4 is 20.7 Å². The zero-order valence-corrected chi connectivity index (χ0v) is 37.1. The van der Waals surface area contributed by atoms with E-state index in [0.29, 0.717) is 29.8 Å². The Morgan fingerprint density at radius 1 is 0.900 bits per heavy atom. The van der Waals surface area contributed by atoms with Gasteiger partial charge in [-0.2, -0.15) is 0 Å². The van der Waals surface area contributed by atoms with Crippen LogP contribution in [0.25, 0.3) is 22.5 Å². The van der Waals surface area contributed by atoms with E-state index in [2.05, 4.69) is 67.7 Å². The van der Waals surface area contributed by atoms with Gasteiger partial charge in [0.15, 0.2) is 0 Å². The molecule has 2 aromatic carbocycles. The Morgan fingerprint density at radius 3 is 2.27 bits per heavy atom. The average Bonchev–Trinajstić information content (AvgIpc) is 4.05. The summed E-state index contributed by atoms with van der Waals surface area (Å²) >= 11 is 3.23. The van der Waals surface area contributed by atoms with Crippen molar-refractivity contribution in [2.24, 2.45) is 11.8 Å². The number of hydrogen-bond donors (Lipinski definition) is 5. The fraction of sp³-hybridized carbons (Fsp3) is 0.488. The van der Waals surface area contributed by atoms with E-state index in [1.807, 2.05) is 58.3 Å². The van der Waals surface area contributed by atoms with Crippen LogP contribution >= 0.6 is 23.5 Å². The molecule has 0 saturated carbocycles. The number of nitrogens with one attached hydrogen (secondary N) is 5. The van der Waals surface area contributed by atoms with Crippen LogP contribution in [-0.2, 0) is 30.9 Å². The van der Waals surface area contributed by atoms with Crippen LogP contribution in [0.1, 0.15) is 83.2 Å². The highest BCUT2D eigenvalue weighted by molar-refractivity contribution is 7.99. The maximum absolute atomic E-state index is 13.8. The minimum atomic E-state index is -0.700. The van der Waals surface area contributed by atoms with Crippen LogP contribution in [-0.4, -0.2) is 98.4 Å². The molecular formula is C43H56N8O7S2. The third kappa shape index (κ3) is 9.72. The highest BCUT2D eigenvalue weighted by atomic mass is 32.2. The number of thioether (sulfide) groups is 2. The van der Waals surface area contributed by atoms with E-state index in [1.54, 1.807) is 28.4 Å². The monoisotopic (exact) mass is 860 g/mol. The molecule has 4 heterocycles. The highest BCUT2D eigenvalue weighted by Crippen LogP contribution is 2.49. The Labute approximate surface area is 359 Å². The van der Waals surface area contributed by atoms with Gasteiger partial charge in [0, 0.05) is 45.6 Å². The second kappa shape index (κ2) is 19.5. The third-order valence-electron chi connectivity index (χ3n) is 11.6. The van der Waals surface area contributed by atoms with E-state index in [-0.39, 0.29) is 35.1 Å². The van der Waals surface area contributed by atoms with Crippen LogP contribution in [0.5, 0.6) is 11.5 Å². The molecule has 0 bridgehead atoms. The summed E-state index contributed by atoms with van der Waals surface area (Å²) < 4.78 is 16.1. The van der Waals surface area contributed by atoms with E-state index in [0.717, 1.165) is 69.6 Å². The molecule has 1 fully saturated rings. The van der Waals surface area contributed by atoms with Gasteiger partial charge in [0.05, 0.1) is 55.8 Å². The van der Waals surface area contributed by atoms with Crippen molar-refractivity contribution in [2.75, 3.05) is 37.5 Å². The van der Waals surface area contributed by atoms with Gasteiger partial charge in [0.2, 0.25) is 11.8 Å². The van der Waals surface area contributed by atoms with Gasteiger partial charge in [0.1, 0.15) is 35.2 Å². The maximum Gasteiger partial charge on any atom is 0.407 e. The first-order chi connectivity index (χ1) is 28.8. The summed E-state index contributed by atoms with van der Waals surface area (Å²) in [5.74, 6) is 4.92. The first-order valence-corrected chi connectivity index (χ1v) is 22.6. The van der Waals surface area contributed by atoms with Gasteiger partial charge >= 0.3 is 12.2 Å². The normalized spacial score (nSPS) is 17.3. The van der Waals surface area contributed by atoms with Gasteiger partial charge in [-0.3, -0.25) is 9.59 Å². The Hall–Kier alpha value is -5.16. The van der Waals surface area contributed by atoms with Crippen LogP contribution in [0.4, 0.5) is 9.59 Å². The molecule has 322 valence electrons. The number of hydrogen-bond acceptors (Lipinski definition) is 11. The van der Waals surface area contributed by atoms with Crippen molar-refractivity contribution in [1.29, 1.82) is 0 Å². The molecule has 4 aromatic rings. The van der Waals surface area contributed by atoms with Gasteiger partial charge in [0.25, 0.3) is 0 Å². The molecule has 2 unspecified atom stereocenters. The van der Waals surface area contributed by atoms with Crippen LogP contribution in [0, 0.1) is 11.8 Å². The number of carbonyl (C=O) groups excluding carboxylic acids is 4. The summed E-state index contributed by atoms with van der Waals surface area (Å²) in [6.07, 6.45) is 4.52. The number of imidazole rings is 2. The fourth-order valence-corrected chi connectivity index (χ4v) is 9.31. The summed E-state index contributed by atoms with van der Waals surface area (Å²) in [5.41, 5.74) is 5.35. The smallest absolute Gasteiger partial charge is 0.407 e. The number of H-pyrrole nitrogens is 2. The topological polar surface area (TPSA) is 193 Å². The molecule has 17 heteroatoms. The Balaban J connectivity index is 1.09. The largest absolute Gasteiger partial charge is 0.457 e. The van der Waals surface area contributed by atoms with E-state index in [9.17, 15) is 19.2 Å². The average molecular weight is 861 g/mol. The van der Waals surface area contributed by atoms with Crippen molar-refractivity contribution in [3.63, 3.8) is 0 Å². The van der Waals surface area contributed by atoms with Crippen LogP contribution in [0.15, 0.2) is 48.8 Å². The van der Waals surface area contributed by atoms with Gasteiger partial charge in [-0.05, 0) is 36.1 Å². The lowest BCUT2D eigenvalue weighted by Gasteiger charge is -2.35. The van der Waals surface area contributed by atoms with E-state index in [4.69, 9.17) is 14.5 Å². The van der Waals surface area contributed by atoms with Gasteiger partial charge in [-0.1, -0.05) is 66.5 Å². The highest BCUT2D eigenvalue weighted by Gasteiger charge is 2.39. The first kappa shape index (κ1) is 44.4.